The summed E-state index contributed by atoms with van der Waals surface area (Å²) in [5, 5.41) is 9.30. The van der Waals surface area contributed by atoms with Crippen LogP contribution in [0.2, 0.25) is 0 Å². The van der Waals surface area contributed by atoms with Crippen molar-refractivity contribution in [3.05, 3.63) is 33.7 Å². The normalized spacial score (nSPS) is 13.6. The molecule has 0 bridgehead atoms. The summed E-state index contributed by atoms with van der Waals surface area (Å²) in [7, 11) is -1.72. The zero-order valence-electron chi connectivity index (χ0n) is 10.7. The predicted molar refractivity (Wildman–Crippen MR) is 69.1 cm³/mol. The molecule has 0 fully saturated rings. The molecule has 0 aliphatic heterocycles. The van der Waals surface area contributed by atoms with E-state index in [1.807, 2.05) is 6.92 Å². The number of nitrogens with zero attached hydrogens (tertiary/aromatic N) is 1. The Kier molecular flexibility index (Phi) is 4.66. The summed E-state index contributed by atoms with van der Waals surface area (Å²) < 4.78 is 25.8. The third-order valence-corrected chi connectivity index (χ3v) is 3.29. The van der Waals surface area contributed by atoms with Crippen LogP contribution in [0.4, 0.5) is 0 Å². The molecular formula is C11H18N2O4S. The minimum Gasteiger partial charge on any atom is -0.396 e. The highest BCUT2D eigenvalue weighted by Gasteiger charge is 2.17. The van der Waals surface area contributed by atoms with Crippen LogP contribution >= 0.6 is 0 Å². The van der Waals surface area contributed by atoms with Crippen molar-refractivity contribution in [1.29, 1.82) is 0 Å². The predicted octanol–water partition coefficient (Wildman–Crippen LogP) is -0.681. The van der Waals surface area contributed by atoms with Crippen LogP contribution in [0, 0.1) is 6.92 Å². The fourth-order valence-electron chi connectivity index (χ4n) is 1.73. The van der Waals surface area contributed by atoms with Crippen molar-refractivity contribution in [1.82, 2.24) is 9.29 Å². The van der Waals surface area contributed by atoms with E-state index in [-0.39, 0.29) is 18.7 Å². The van der Waals surface area contributed by atoms with E-state index >= 15 is 0 Å². The topological polar surface area (TPSA) is 88.4 Å². The molecule has 0 aliphatic rings. The quantitative estimate of drug-likeness (QED) is 0.744. The Morgan fingerprint density at radius 2 is 2.11 bits per heavy atom. The van der Waals surface area contributed by atoms with E-state index in [4.69, 9.17) is 0 Å². The van der Waals surface area contributed by atoms with Crippen LogP contribution in [0.25, 0.3) is 0 Å². The summed E-state index contributed by atoms with van der Waals surface area (Å²) in [4.78, 5) is 11.9. The van der Waals surface area contributed by atoms with E-state index in [0.717, 1.165) is 11.8 Å². The average Bonchev–Trinajstić information content (AvgIpc) is 2.24. The van der Waals surface area contributed by atoms with Crippen molar-refractivity contribution in [2.24, 2.45) is 7.05 Å². The molecule has 1 aromatic rings. The Bertz CT molecular complexity index is 577. The van der Waals surface area contributed by atoms with Crippen molar-refractivity contribution in [3.8, 4) is 0 Å². The molecule has 6 nitrogen and oxygen atoms in total. The number of aryl methyl sites for hydroxylation is 2. The van der Waals surface area contributed by atoms with Gasteiger partial charge in [0.2, 0.25) is 10.0 Å². The second-order valence-electron chi connectivity index (χ2n) is 4.39. The molecule has 1 atom stereocenters. The molecule has 0 amide bonds. The highest BCUT2D eigenvalue weighted by Crippen LogP contribution is 2.11. The number of hydrogen-bond acceptors (Lipinski definition) is 4. The standard InChI is InChI=1S/C11H18N2O4S/c1-8-4-10(11(15)13(2)6-8)9(7-14)5-12-18(3,16)17/h4,6,9,12,14H,5,7H2,1-3H3. The van der Waals surface area contributed by atoms with E-state index in [9.17, 15) is 18.3 Å². The summed E-state index contributed by atoms with van der Waals surface area (Å²) in [5.74, 6) is -0.543. The van der Waals surface area contributed by atoms with Gasteiger partial charge in [-0.25, -0.2) is 13.1 Å². The van der Waals surface area contributed by atoms with Gasteiger partial charge in [0.05, 0.1) is 12.9 Å². The van der Waals surface area contributed by atoms with Crippen LogP contribution in [0.15, 0.2) is 17.1 Å². The number of sulfonamides is 1. The van der Waals surface area contributed by atoms with Crippen LogP contribution in [0.1, 0.15) is 17.0 Å². The molecule has 0 aliphatic carbocycles. The molecular weight excluding hydrogens is 256 g/mol. The third-order valence-electron chi connectivity index (χ3n) is 2.60. The second kappa shape index (κ2) is 5.64. The van der Waals surface area contributed by atoms with Crippen LogP contribution < -0.4 is 10.3 Å². The van der Waals surface area contributed by atoms with Gasteiger partial charge in [-0.2, -0.15) is 0 Å². The first kappa shape index (κ1) is 14.9. The number of aliphatic hydroxyl groups excluding tert-OH is 1. The maximum Gasteiger partial charge on any atom is 0.253 e. The van der Waals surface area contributed by atoms with E-state index < -0.39 is 15.9 Å². The fourth-order valence-corrected chi connectivity index (χ4v) is 2.23. The Hall–Kier alpha value is -1.18. The van der Waals surface area contributed by atoms with Crippen molar-refractivity contribution in [2.75, 3.05) is 19.4 Å². The molecule has 0 radical (unpaired) electrons. The lowest BCUT2D eigenvalue weighted by molar-refractivity contribution is 0.264. The first-order valence-corrected chi connectivity index (χ1v) is 7.36. The molecule has 0 aromatic carbocycles. The maximum absolute atomic E-state index is 11.9. The minimum absolute atomic E-state index is 0.00796. The summed E-state index contributed by atoms with van der Waals surface area (Å²) in [5.41, 5.74) is 1.07. The summed E-state index contributed by atoms with van der Waals surface area (Å²) in [6.45, 7) is 1.55. The number of hydrogen-bond donors (Lipinski definition) is 2. The molecule has 0 saturated heterocycles. The molecule has 0 spiro atoms. The number of rotatable bonds is 5. The molecule has 18 heavy (non-hydrogen) atoms. The highest BCUT2D eigenvalue weighted by atomic mass is 32.2. The molecule has 102 valence electrons. The van der Waals surface area contributed by atoms with E-state index in [1.165, 1.54) is 4.57 Å². The molecule has 2 N–H and O–H groups in total. The number of aliphatic hydroxyl groups is 1. The van der Waals surface area contributed by atoms with Gasteiger partial charge in [-0.05, 0) is 18.6 Å². The Balaban J connectivity index is 3.06. The first-order valence-electron chi connectivity index (χ1n) is 5.47. The van der Waals surface area contributed by atoms with Gasteiger partial charge in [-0.3, -0.25) is 4.79 Å². The molecule has 1 unspecified atom stereocenters. The van der Waals surface area contributed by atoms with Crippen molar-refractivity contribution in [3.63, 3.8) is 0 Å². The lowest BCUT2D eigenvalue weighted by Crippen LogP contribution is -2.33. The van der Waals surface area contributed by atoms with Gasteiger partial charge in [-0.15, -0.1) is 0 Å². The van der Waals surface area contributed by atoms with E-state index in [0.29, 0.717) is 5.56 Å². The first-order chi connectivity index (χ1) is 8.24. The van der Waals surface area contributed by atoms with Gasteiger partial charge < -0.3 is 9.67 Å². The molecule has 0 saturated carbocycles. The monoisotopic (exact) mass is 274 g/mol. The highest BCUT2D eigenvalue weighted by molar-refractivity contribution is 7.88. The van der Waals surface area contributed by atoms with Crippen molar-refractivity contribution >= 4 is 10.0 Å². The Labute approximate surface area is 106 Å². The van der Waals surface area contributed by atoms with E-state index in [2.05, 4.69) is 4.72 Å². The number of aromatic nitrogens is 1. The summed E-state index contributed by atoms with van der Waals surface area (Å²) >= 11 is 0. The van der Waals surface area contributed by atoms with Crippen molar-refractivity contribution < 1.29 is 13.5 Å². The summed E-state index contributed by atoms with van der Waals surface area (Å²) in [6.07, 6.45) is 2.72. The van der Waals surface area contributed by atoms with Gasteiger partial charge in [0.1, 0.15) is 0 Å². The Morgan fingerprint density at radius 1 is 1.50 bits per heavy atom. The SMILES string of the molecule is Cc1cc(C(CO)CNS(C)(=O)=O)c(=O)n(C)c1. The van der Waals surface area contributed by atoms with Crippen LogP contribution in [-0.4, -0.2) is 37.5 Å². The second-order valence-corrected chi connectivity index (χ2v) is 6.22. The Morgan fingerprint density at radius 3 is 2.61 bits per heavy atom. The minimum atomic E-state index is -3.34. The molecule has 1 rings (SSSR count). The maximum atomic E-state index is 11.9. The van der Waals surface area contributed by atoms with Crippen LogP contribution in [0.3, 0.4) is 0 Å². The van der Waals surface area contributed by atoms with Crippen LogP contribution in [0.5, 0.6) is 0 Å². The zero-order valence-corrected chi connectivity index (χ0v) is 11.5. The largest absolute Gasteiger partial charge is 0.396 e. The van der Waals surface area contributed by atoms with Gasteiger partial charge in [-0.1, -0.05) is 0 Å². The molecule has 1 heterocycles. The van der Waals surface area contributed by atoms with Gasteiger partial charge in [0, 0.05) is 31.3 Å². The van der Waals surface area contributed by atoms with E-state index in [1.54, 1.807) is 19.3 Å². The smallest absolute Gasteiger partial charge is 0.253 e. The van der Waals surface area contributed by atoms with Gasteiger partial charge >= 0.3 is 0 Å². The lowest BCUT2D eigenvalue weighted by atomic mass is 10.0. The summed E-state index contributed by atoms with van der Waals surface area (Å²) in [6, 6.07) is 1.67. The average molecular weight is 274 g/mol. The zero-order chi connectivity index (χ0) is 13.9. The molecule has 7 heteroatoms. The number of pyridine rings is 1. The van der Waals surface area contributed by atoms with Gasteiger partial charge in [0.15, 0.2) is 0 Å². The lowest BCUT2D eigenvalue weighted by Gasteiger charge is -2.15. The number of nitrogens with one attached hydrogen (secondary N) is 1. The third kappa shape index (κ3) is 3.94. The fraction of sp³-hybridized carbons (Fsp3) is 0.545. The van der Waals surface area contributed by atoms with Crippen LogP contribution in [-0.2, 0) is 17.1 Å². The van der Waals surface area contributed by atoms with Crippen molar-refractivity contribution in [2.45, 2.75) is 12.8 Å². The molecule has 1 aromatic heterocycles. The van der Waals surface area contributed by atoms with Gasteiger partial charge in [0.25, 0.3) is 5.56 Å².